The number of unbranched alkanes of at least 4 members (excludes halogenated alkanes) is 4. The van der Waals surface area contributed by atoms with E-state index in [0.29, 0.717) is 19.3 Å². The van der Waals surface area contributed by atoms with E-state index < -0.39 is 13.4 Å². The fraction of sp³-hybridized carbons (Fsp3) is 0.929. The third kappa shape index (κ3) is 6.92. The highest BCUT2D eigenvalue weighted by atomic mass is 31.2. The van der Waals surface area contributed by atoms with Crippen molar-refractivity contribution < 1.29 is 19.1 Å². The summed E-state index contributed by atoms with van der Waals surface area (Å²) in [5, 5.41) is 8.68. The van der Waals surface area contributed by atoms with Gasteiger partial charge in [-0.2, -0.15) is 0 Å². The van der Waals surface area contributed by atoms with E-state index in [1.807, 2.05) is 0 Å². The van der Waals surface area contributed by atoms with Gasteiger partial charge in [-0.05, 0) is 25.7 Å². The van der Waals surface area contributed by atoms with Crippen LogP contribution in [0.3, 0.4) is 0 Å². The Balaban J connectivity index is 2.58. The molecule has 0 bridgehead atoms. The highest BCUT2D eigenvalue weighted by molar-refractivity contribution is 7.56. The third-order valence-electron chi connectivity index (χ3n) is 3.78. The maximum absolute atomic E-state index is 13.1. The molecule has 1 amide bonds. The third-order valence-corrected chi connectivity index (χ3v) is 6.45. The van der Waals surface area contributed by atoms with Crippen LogP contribution in [0.1, 0.15) is 58.3 Å². The van der Waals surface area contributed by atoms with Crippen LogP contribution in [0.15, 0.2) is 0 Å². The van der Waals surface area contributed by atoms with E-state index in [-0.39, 0.29) is 6.54 Å². The van der Waals surface area contributed by atoms with Gasteiger partial charge in [-0.1, -0.05) is 32.6 Å². The summed E-state index contributed by atoms with van der Waals surface area (Å²) in [5.41, 5.74) is 1.61. The summed E-state index contributed by atoms with van der Waals surface area (Å²) in [7, 11) is -2.95. The number of hydrogen-bond donors (Lipinski definition) is 2. The molecule has 0 aliphatic carbocycles. The number of carbonyl (C=O) groups is 1. The van der Waals surface area contributed by atoms with Gasteiger partial charge in [-0.3, -0.25) is 14.6 Å². The Morgan fingerprint density at radius 1 is 1.24 bits per heavy atom. The zero-order valence-electron chi connectivity index (χ0n) is 13.1. The van der Waals surface area contributed by atoms with Gasteiger partial charge in [0, 0.05) is 12.7 Å². The van der Waals surface area contributed by atoms with Gasteiger partial charge in [0.1, 0.15) is 0 Å². The Labute approximate surface area is 127 Å². The number of hydrogen-bond acceptors (Lipinski definition) is 4. The van der Waals surface area contributed by atoms with Gasteiger partial charge < -0.3 is 4.52 Å². The van der Waals surface area contributed by atoms with Crippen molar-refractivity contribution in [2.24, 2.45) is 0 Å². The van der Waals surface area contributed by atoms with Gasteiger partial charge in [-0.15, -0.1) is 0 Å². The number of amides is 1. The minimum absolute atomic E-state index is 0.0667. The molecule has 1 aliphatic rings. The molecule has 0 saturated carbocycles. The molecule has 1 unspecified atom stereocenters. The fourth-order valence-electron chi connectivity index (χ4n) is 2.52. The smallest absolute Gasteiger partial charge is 0.272 e. The lowest BCUT2D eigenvalue weighted by atomic mass is 10.2. The number of hydroxylamine groups is 1. The van der Waals surface area contributed by atoms with Crippen LogP contribution in [0.5, 0.6) is 0 Å². The van der Waals surface area contributed by atoms with Crippen molar-refractivity contribution in [3.8, 4) is 0 Å². The molecule has 1 aliphatic heterocycles. The summed E-state index contributed by atoms with van der Waals surface area (Å²) < 4.78 is 20.4. The largest absolute Gasteiger partial charge is 0.317 e. The average molecular weight is 320 g/mol. The molecule has 124 valence electrons. The molecular formula is C14H29N2O4P. The van der Waals surface area contributed by atoms with Gasteiger partial charge in [0.05, 0.1) is 13.2 Å². The van der Waals surface area contributed by atoms with E-state index >= 15 is 0 Å². The standard InChI is InChI=1S/C14H29N2O4P/c1-2-3-4-5-9-12-21(19)16(13-14(17)15-18)10-7-6-8-11-20-21/h18H,2-13H2,1H3,(H,15,17). The number of carbonyl (C=O) groups excluding carboxylic acids is 1. The first kappa shape index (κ1) is 18.6. The molecule has 0 aromatic heterocycles. The first-order valence-electron chi connectivity index (χ1n) is 8.04. The molecule has 0 aromatic rings. The van der Waals surface area contributed by atoms with Crippen LogP contribution in [-0.2, 0) is 13.9 Å². The van der Waals surface area contributed by atoms with Crippen LogP contribution in [0.4, 0.5) is 0 Å². The molecule has 0 aromatic carbocycles. The van der Waals surface area contributed by atoms with Crippen LogP contribution >= 0.6 is 7.52 Å². The normalized spacial score (nSPS) is 24.3. The lowest BCUT2D eigenvalue weighted by Gasteiger charge is -2.32. The van der Waals surface area contributed by atoms with E-state index in [0.717, 1.165) is 38.5 Å². The van der Waals surface area contributed by atoms with Crippen molar-refractivity contribution in [2.45, 2.75) is 58.3 Å². The molecule has 1 atom stereocenters. The molecule has 1 saturated heterocycles. The quantitative estimate of drug-likeness (QED) is 0.311. The summed E-state index contributed by atoms with van der Waals surface area (Å²) in [6.45, 7) is 3.17. The average Bonchev–Trinajstić information content (AvgIpc) is 2.47. The summed E-state index contributed by atoms with van der Waals surface area (Å²) >= 11 is 0. The molecule has 2 N–H and O–H groups in total. The summed E-state index contributed by atoms with van der Waals surface area (Å²) in [6, 6.07) is 0. The Morgan fingerprint density at radius 2 is 2.00 bits per heavy atom. The first-order chi connectivity index (χ1) is 10.1. The van der Waals surface area contributed by atoms with Crippen LogP contribution in [-0.4, -0.2) is 41.6 Å². The Morgan fingerprint density at radius 3 is 2.71 bits per heavy atom. The summed E-state index contributed by atoms with van der Waals surface area (Å²) in [6.07, 6.45) is 8.74. The SMILES string of the molecule is CCCCCCCP1(=O)OCCCCCN1CC(=O)NO. The molecule has 0 spiro atoms. The van der Waals surface area contributed by atoms with Gasteiger partial charge in [0.15, 0.2) is 0 Å². The monoisotopic (exact) mass is 320 g/mol. The lowest BCUT2D eigenvalue weighted by Crippen LogP contribution is -2.36. The van der Waals surface area contributed by atoms with Crippen LogP contribution in [0.2, 0.25) is 0 Å². The number of rotatable bonds is 8. The van der Waals surface area contributed by atoms with Crippen molar-refractivity contribution in [1.29, 1.82) is 0 Å². The van der Waals surface area contributed by atoms with Gasteiger partial charge >= 0.3 is 0 Å². The van der Waals surface area contributed by atoms with E-state index in [1.165, 1.54) is 12.8 Å². The summed E-state index contributed by atoms with van der Waals surface area (Å²) in [4.78, 5) is 11.4. The van der Waals surface area contributed by atoms with Gasteiger partial charge in [0.25, 0.3) is 13.4 Å². The molecule has 1 fully saturated rings. The highest BCUT2D eigenvalue weighted by Crippen LogP contribution is 2.52. The fourth-order valence-corrected chi connectivity index (χ4v) is 4.93. The van der Waals surface area contributed by atoms with Crippen molar-refractivity contribution in [2.75, 3.05) is 25.9 Å². The molecule has 1 heterocycles. The van der Waals surface area contributed by atoms with Crippen molar-refractivity contribution in [1.82, 2.24) is 10.2 Å². The minimum Gasteiger partial charge on any atom is -0.317 e. The Kier molecular flexibility index (Phi) is 9.16. The second-order valence-electron chi connectivity index (χ2n) is 5.59. The van der Waals surface area contributed by atoms with Crippen molar-refractivity contribution in [3.63, 3.8) is 0 Å². The molecule has 6 nitrogen and oxygen atoms in total. The van der Waals surface area contributed by atoms with Crippen LogP contribution in [0.25, 0.3) is 0 Å². The Bertz CT molecular complexity index is 352. The Hall–Kier alpha value is -0.420. The predicted octanol–water partition coefficient (Wildman–Crippen LogP) is 3.16. The van der Waals surface area contributed by atoms with Crippen LogP contribution in [0, 0.1) is 0 Å². The summed E-state index contributed by atoms with van der Waals surface area (Å²) in [5.74, 6) is -0.537. The topological polar surface area (TPSA) is 78.9 Å². The number of nitrogens with zero attached hydrogens (tertiary/aromatic N) is 1. The van der Waals surface area contributed by atoms with Crippen molar-refractivity contribution >= 4 is 13.4 Å². The maximum atomic E-state index is 13.1. The molecular weight excluding hydrogens is 291 g/mol. The second-order valence-corrected chi connectivity index (χ2v) is 8.14. The predicted molar refractivity (Wildman–Crippen MR) is 82.5 cm³/mol. The first-order valence-corrected chi connectivity index (χ1v) is 9.80. The second kappa shape index (κ2) is 10.3. The zero-order chi connectivity index (χ0) is 15.6. The van der Waals surface area contributed by atoms with Gasteiger partial charge in [-0.25, -0.2) is 10.2 Å². The minimum atomic E-state index is -2.95. The molecule has 0 radical (unpaired) electrons. The highest BCUT2D eigenvalue weighted by Gasteiger charge is 2.33. The van der Waals surface area contributed by atoms with E-state index in [9.17, 15) is 9.36 Å². The van der Waals surface area contributed by atoms with Gasteiger partial charge in [0.2, 0.25) is 0 Å². The zero-order valence-corrected chi connectivity index (χ0v) is 13.9. The van der Waals surface area contributed by atoms with Crippen molar-refractivity contribution in [3.05, 3.63) is 0 Å². The molecule has 7 heteroatoms. The number of nitrogens with one attached hydrogen (secondary N) is 1. The molecule has 1 rings (SSSR count). The van der Waals surface area contributed by atoms with E-state index in [1.54, 1.807) is 10.2 Å². The van der Waals surface area contributed by atoms with E-state index in [4.69, 9.17) is 9.73 Å². The van der Waals surface area contributed by atoms with Crippen LogP contribution < -0.4 is 5.48 Å². The van der Waals surface area contributed by atoms with E-state index in [2.05, 4.69) is 6.92 Å². The lowest BCUT2D eigenvalue weighted by molar-refractivity contribution is -0.129. The maximum Gasteiger partial charge on any atom is 0.272 e. The molecule has 21 heavy (non-hydrogen) atoms.